The van der Waals surface area contributed by atoms with Gasteiger partial charge < -0.3 is 33.2 Å². The molecule has 0 aromatic rings. The van der Waals surface area contributed by atoms with Crippen molar-refractivity contribution in [3.63, 3.8) is 0 Å². The van der Waals surface area contributed by atoms with Gasteiger partial charge in [0.15, 0.2) is 0 Å². The first-order valence-electron chi connectivity index (χ1n) is 13.1. The van der Waals surface area contributed by atoms with E-state index >= 15 is 0 Å². The Kier molecular flexibility index (Phi) is 24.1. The second-order valence-corrected chi connectivity index (χ2v) is 8.36. The third-order valence-corrected chi connectivity index (χ3v) is 4.51. The quantitative estimate of drug-likeness (QED) is 0.0405. The van der Waals surface area contributed by atoms with Gasteiger partial charge in [-0.05, 0) is 13.8 Å². The molecule has 0 aliphatic carbocycles. The lowest BCUT2D eigenvalue weighted by Gasteiger charge is -2.19. The summed E-state index contributed by atoms with van der Waals surface area (Å²) in [5.41, 5.74) is 0.570. The van der Waals surface area contributed by atoms with E-state index in [1.165, 1.54) is 0 Å². The van der Waals surface area contributed by atoms with Gasteiger partial charge in [0.25, 0.3) is 0 Å². The monoisotopic (exact) mass is 618 g/mol. The Morgan fingerprint density at radius 2 is 0.930 bits per heavy atom. The van der Waals surface area contributed by atoms with Crippen molar-refractivity contribution in [1.82, 2.24) is 0 Å². The Labute approximate surface area is 251 Å². The van der Waals surface area contributed by atoms with E-state index in [1.807, 2.05) is 0 Å². The summed E-state index contributed by atoms with van der Waals surface area (Å²) in [5, 5.41) is 0. The van der Waals surface area contributed by atoms with Gasteiger partial charge in [-0.3, -0.25) is 9.78 Å². The highest BCUT2D eigenvalue weighted by molar-refractivity contribution is 5.87. The average molecular weight is 619 g/mol. The molecule has 0 bridgehead atoms. The van der Waals surface area contributed by atoms with Crippen molar-refractivity contribution in [2.45, 2.75) is 26.1 Å². The molecule has 0 saturated carbocycles. The Balaban J connectivity index is 4.45. The molecule has 0 aliphatic heterocycles. The number of hydrogen-bond acceptors (Lipinski definition) is 15. The van der Waals surface area contributed by atoms with Crippen LogP contribution in [0.25, 0.3) is 0 Å². The van der Waals surface area contributed by atoms with Crippen molar-refractivity contribution in [1.29, 1.82) is 0 Å². The van der Waals surface area contributed by atoms with Crippen molar-refractivity contribution >= 4 is 23.9 Å². The molecule has 15 nitrogen and oxygen atoms in total. The molecule has 0 saturated heterocycles. The first-order chi connectivity index (χ1) is 20.6. The second-order valence-electron chi connectivity index (χ2n) is 8.36. The van der Waals surface area contributed by atoms with E-state index in [2.05, 4.69) is 36.1 Å². The fourth-order valence-corrected chi connectivity index (χ4v) is 2.40. The van der Waals surface area contributed by atoms with Crippen LogP contribution >= 0.6 is 0 Å². The molecule has 0 aromatic carbocycles. The third kappa shape index (κ3) is 23.8. The molecule has 244 valence electrons. The van der Waals surface area contributed by atoms with Crippen molar-refractivity contribution in [3.05, 3.63) is 49.6 Å². The highest BCUT2D eigenvalue weighted by Crippen LogP contribution is 2.01. The summed E-state index contributed by atoms with van der Waals surface area (Å²) in [6, 6.07) is 0. The Morgan fingerprint density at radius 1 is 0.558 bits per heavy atom. The molecule has 0 unspecified atom stereocenters. The van der Waals surface area contributed by atoms with Crippen LogP contribution in [0.2, 0.25) is 0 Å². The maximum atomic E-state index is 11.4. The first kappa shape index (κ1) is 39.6. The summed E-state index contributed by atoms with van der Waals surface area (Å²) < 4.78 is 37.8. The molecule has 15 heteroatoms. The average Bonchev–Trinajstić information content (AvgIpc) is 2.98. The lowest BCUT2D eigenvalue weighted by molar-refractivity contribution is -0.305. The lowest BCUT2D eigenvalue weighted by Crippen LogP contribution is -2.30. The van der Waals surface area contributed by atoms with Crippen LogP contribution in [0.15, 0.2) is 49.6 Å². The fraction of sp³-hybridized carbons (Fsp3) is 0.571. The molecule has 0 fully saturated rings. The van der Waals surface area contributed by atoms with Crippen molar-refractivity contribution in [2.24, 2.45) is 0 Å². The predicted octanol–water partition coefficient (Wildman–Crippen LogP) is 1.37. The molecule has 0 amide bonds. The fourth-order valence-electron chi connectivity index (χ4n) is 2.40. The van der Waals surface area contributed by atoms with Gasteiger partial charge in [0.1, 0.15) is 38.6 Å². The number of ether oxygens (including phenoxy) is 7. The molecule has 0 heterocycles. The highest BCUT2D eigenvalue weighted by Gasteiger charge is 2.15. The Morgan fingerprint density at radius 3 is 1.30 bits per heavy atom. The van der Waals surface area contributed by atoms with Crippen molar-refractivity contribution in [3.8, 4) is 0 Å². The number of esters is 2. The second kappa shape index (κ2) is 26.2. The van der Waals surface area contributed by atoms with Crippen LogP contribution in [-0.2, 0) is 71.9 Å². The molecule has 0 N–H and O–H groups in total. The molecule has 0 spiro atoms. The zero-order valence-corrected chi connectivity index (χ0v) is 24.7. The summed E-state index contributed by atoms with van der Waals surface area (Å²) in [7, 11) is 0. The van der Waals surface area contributed by atoms with Crippen LogP contribution in [-0.4, -0.2) is 115 Å². The molecule has 0 aliphatic rings. The standard InChI is InChI=1S/C28H42O15/c1-7-25(29)42-40-19-24(20-41-43-26(30)8-2)37-14-10-33-9-13-36-23(17-34-11-15-38-27(31)21(3)4)18-35-12-16-39-28(32)22(5)6/h7-8,23-24H,1-3,5,9-20H2,4,6H3. The Hall–Kier alpha value is -3.44. The van der Waals surface area contributed by atoms with E-state index in [-0.39, 0.29) is 90.4 Å². The van der Waals surface area contributed by atoms with Gasteiger partial charge in [0, 0.05) is 23.3 Å². The molecule has 43 heavy (non-hydrogen) atoms. The van der Waals surface area contributed by atoms with Crippen LogP contribution in [0, 0.1) is 0 Å². The minimum Gasteiger partial charge on any atom is -0.460 e. The number of carbonyl (C=O) groups is 4. The first-order valence-corrected chi connectivity index (χ1v) is 13.1. The van der Waals surface area contributed by atoms with Crippen LogP contribution in [0.3, 0.4) is 0 Å². The predicted molar refractivity (Wildman–Crippen MR) is 148 cm³/mol. The topological polar surface area (TPSA) is 170 Å². The maximum absolute atomic E-state index is 11.4. The normalized spacial score (nSPS) is 10.7. The van der Waals surface area contributed by atoms with Gasteiger partial charge in [-0.2, -0.15) is 9.78 Å². The maximum Gasteiger partial charge on any atom is 0.365 e. The van der Waals surface area contributed by atoms with Crippen LogP contribution in [0.1, 0.15) is 13.8 Å². The van der Waals surface area contributed by atoms with Gasteiger partial charge in [-0.25, -0.2) is 19.2 Å². The van der Waals surface area contributed by atoms with Gasteiger partial charge in [0.2, 0.25) is 0 Å². The minimum absolute atomic E-state index is 0.0453. The van der Waals surface area contributed by atoms with Crippen LogP contribution in [0.5, 0.6) is 0 Å². The van der Waals surface area contributed by atoms with Gasteiger partial charge in [0.05, 0.1) is 52.9 Å². The minimum atomic E-state index is -0.799. The van der Waals surface area contributed by atoms with Crippen molar-refractivity contribution < 1.29 is 71.9 Å². The van der Waals surface area contributed by atoms with Gasteiger partial charge >= 0.3 is 23.9 Å². The summed E-state index contributed by atoms with van der Waals surface area (Å²) in [4.78, 5) is 63.5. The van der Waals surface area contributed by atoms with E-state index in [0.29, 0.717) is 0 Å². The van der Waals surface area contributed by atoms with Crippen molar-refractivity contribution in [2.75, 3.05) is 79.3 Å². The highest BCUT2D eigenvalue weighted by atomic mass is 17.2. The van der Waals surface area contributed by atoms with E-state index < -0.39 is 36.1 Å². The van der Waals surface area contributed by atoms with E-state index in [1.54, 1.807) is 13.8 Å². The lowest BCUT2D eigenvalue weighted by atomic mass is 10.4. The largest absolute Gasteiger partial charge is 0.460 e. The zero-order chi connectivity index (χ0) is 32.3. The summed E-state index contributed by atoms with van der Waals surface area (Å²) >= 11 is 0. The molecule has 0 atom stereocenters. The molecule has 0 radical (unpaired) electrons. The van der Waals surface area contributed by atoms with E-state index in [9.17, 15) is 19.2 Å². The number of hydrogen-bond donors (Lipinski definition) is 0. The SMILES string of the molecule is C=CC(=O)OOCC(COOC(=O)C=C)OCCOCCOC(COCCOC(=O)C(=C)C)COCCOC(=O)C(=C)C. The molecule has 0 aromatic heterocycles. The number of rotatable bonds is 28. The van der Waals surface area contributed by atoms with E-state index in [4.69, 9.17) is 42.9 Å². The molecule has 0 rings (SSSR count). The Bertz CT molecular complexity index is 823. The van der Waals surface area contributed by atoms with Gasteiger partial charge in [-0.15, -0.1) is 0 Å². The molecular weight excluding hydrogens is 576 g/mol. The van der Waals surface area contributed by atoms with Crippen LogP contribution < -0.4 is 0 Å². The number of carbonyl (C=O) groups excluding carboxylic acids is 4. The molecular formula is C28H42O15. The third-order valence-electron chi connectivity index (χ3n) is 4.51. The summed E-state index contributed by atoms with van der Waals surface area (Å²) in [5.74, 6) is -2.62. The summed E-state index contributed by atoms with van der Waals surface area (Å²) in [6.45, 7) is 17.4. The smallest absolute Gasteiger partial charge is 0.365 e. The van der Waals surface area contributed by atoms with E-state index in [0.717, 1.165) is 12.2 Å². The van der Waals surface area contributed by atoms with Crippen LogP contribution in [0.4, 0.5) is 0 Å². The summed E-state index contributed by atoms with van der Waals surface area (Å²) in [6.07, 6.45) is 0.558. The van der Waals surface area contributed by atoms with Gasteiger partial charge in [-0.1, -0.05) is 26.3 Å². The zero-order valence-electron chi connectivity index (χ0n) is 24.7.